The highest BCUT2D eigenvalue weighted by molar-refractivity contribution is 8.04. The molecule has 3 aliphatic heterocycles. The Labute approximate surface area is 392 Å². The average molecular weight is 915 g/mol. The summed E-state index contributed by atoms with van der Waals surface area (Å²) in [6.07, 6.45) is 8.45. The second-order valence-corrected chi connectivity index (χ2v) is 29.8. The van der Waals surface area contributed by atoms with Crippen LogP contribution in [-0.2, 0) is 24.1 Å². The summed E-state index contributed by atoms with van der Waals surface area (Å²) in [5, 5.41) is 6.37. The van der Waals surface area contributed by atoms with Gasteiger partial charge in [-0.15, -0.1) is 0 Å². The Morgan fingerprint density at radius 2 is 0.919 bits per heavy atom. The van der Waals surface area contributed by atoms with Crippen LogP contribution in [-0.4, -0.2) is 38.8 Å². The molecule has 0 aliphatic carbocycles. The Bertz CT molecular complexity index is 1410. The van der Waals surface area contributed by atoms with E-state index in [-0.39, 0.29) is 50.5 Å². The minimum atomic E-state index is -2.32. The fourth-order valence-electron chi connectivity index (χ4n) is 4.98. The van der Waals surface area contributed by atoms with Gasteiger partial charge in [-0.1, -0.05) is 231 Å². The van der Waals surface area contributed by atoms with Crippen LogP contribution in [0.15, 0.2) is 23.9 Å². The van der Waals surface area contributed by atoms with Crippen LogP contribution in [0.25, 0.3) is 0 Å². The quantitative estimate of drug-likeness (QED) is 0.245. The first-order valence-corrected chi connectivity index (χ1v) is 26.1. The molecule has 0 radical (unpaired) electrons. The van der Waals surface area contributed by atoms with Gasteiger partial charge in [0.25, 0.3) is 0 Å². The van der Waals surface area contributed by atoms with Crippen LogP contribution in [0.1, 0.15) is 231 Å². The van der Waals surface area contributed by atoms with Crippen molar-refractivity contribution in [2.45, 2.75) is 237 Å². The molecule has 7 nitrogen and oxygen atoms in total. The number of nitrogens with one attached hydrogen (secondary N) is 3. The molecule has 370 valence electrons. The molecular weight excluding hydrogens is 807 g/mol. The fourth-order valence-corrected chi connectivity index (χ4v) is 7.77. The number of amides is 3. The third-order valence-electron chi connectivity index (χ3n) is 10.2. The van der Waals surface area contributed by atoms with E-state index in [1.54, 1.807) is 11.8 Å². The maximum Gasteiger partial charge on any atom is 0.238 e. The van der Waals surface area contributed by atoms with E-state index < -0.39 is 9.71 Å². The lowest BCUT2D eigenvalue weighted by atomic mass is 9.74. The van der Waals surface area contributed by atoms with Gasteiger partial charge >= 0.3 is 0 Å². The summed E-state index contributed by atoms with van der Waals surface area (Å²) in [6.45, 7) is 64.4. The number of hydrogen-bond acceptors (Lipinski definition) is 5. The van der Waals surface area contributed by atoms with Crippen LogP contribution < -0.4 is 15.4 Å². The van der Waals surface area contributed by atoms with Gasteiger partial charge in [0.2, 0.25) is 17.7 Å². The fraction of sp³-hybridized carbons (Fsp3) is 0.849. The minimum absolute atomic E-state index is 0.0671. The number of carbonyl (C=O) groups is 3. The third-order valence-corrected chi connectivity index (χ3v) is 12.8. The summed E-state index contributed by atoms with van der Waals surface area (Å²) >= 11 is 1.55. The van der Waals surface area contributed by atoms with E-state index >= 15 is 0 Å². The van der Waals surface area contributed by atoms with Gasteiger partial charge in [-0.25, -0.2) is 4.21 Å². The molecule has 0 aromatic heterocycles. The van der Waals surface area contributed by atoms with Crippen molar-refractivity contribution in [2.24, 2.45) is 49.2 Å². The highest BCUT2D eigenvalue weighted by atomic mass is 32.2. The van der Waals surface area contributed by atoms with Crippen LogP contribution in [0.2, 0.25) is 0 Å². The molecular formula is C53H107N3O4S2. The molecule has 0 saturated carbocycles. The van der Waals surface area contributed by atoms with Gasteiger partial charge < -0.3 is 10.6 Å². The summed E-state index contributed by atoms with van der Waals surface area (Å²) in [7, 11) is -2.32. The molecule has 9 heteroatoms. The molecule has 3 fully saturated rings. The average Bonchev–Trinajstić information content (AvgIpc) is 3.57. The molecule has 3 rings (SSSR count). The van der Waals surface area contributed by atoms with Crippen LogP contribution >= 0.6 is 11.8 Å². The van der Waals surface area contributed by atoms with Gasteiger partial charge in [0.05, 0.1) is 21.6 Å². The SMILES string of the molecule is C=C1CC(C)(CC(C)(C)C)C(=O)N1.C=C1NC(=O)C(CC(C)(C)C)S1.C=S1(=O)CC(CC(C)(C)C)C(=O)N1.CCC(C)(C)C.CCC(C)(C)C.CCC(C)(C)C.CCC(C)(C)C. The largest absolute Gasteiger partial charge is 0.330 e. The molecule has 0 spiro atoms. The topological polar surface area (TPSA) is 104 Å². The second-order valence-electron chi connectivity index (χ2n) is 26.4. The second kappa shape index (κ2) is 27.0. The Morgan fingerprint density at radius 1 is 0.581 bits per heavy atom. The monoisotopic (exact) mass is 914 g/mol. The maximum atomic E-state index is 11.6. The molecule has 3 amide bonds. The van der Waals surface area contributed by atoms with Crippen molar-refractivity contribution < 1.29 is 18.6 Å². The zero-order valence-corrected chi connectivity index (χ0v) is 47.7. The first kappa shape index (κ1) is 66.9. The van der Waals surface area contributed by atoms with Gasteiger partial charge in [0.1, 0.15) is 0 Å². The van der Waals surface area contributed by atoms with E-state index in [0.717, 1.165) is 36.4 Å². The van der Waals surface area contributed by atoms with Gasteiger partial charge in [-0.2, -0.15) is 0 Å². The molecule has 3 aliphatic rings. The van der Waals surface area contributed by atoms with Gasteiger partial charge in [0, 0.05) is 27.6 Å². The Kier molecular flexibility index (Phi) is 29.2. The minimum Gasteiger partial charge on any atom is -0.330 e. The first-order valence-electron chi connectivity index (χ1n) is 23.4. The maximum absolute atomic E-state index is 11.6. The lowest BCUT2D eigenvalue weighted by molar-refractivity contribution is -0.128. The summed E-state index contributed by atoms with van der Waals surface area (Å²) in [5.74, 6) is 3.91. The Morgan fingerprint density at radius 3 is 1.11 bits per heavy atom. The summed E-state index contributed by atoms with van der Waals surface area (Å²) < 4.78 is 13.9. The number of thioether (sulfide) groups is 1. The predicted octanol–water partition coefficient (Wildman–Crippen LogP) is 15.2. The molecule has 62 heavy (non-hydrogen) atoms. The van der Waals surface area contributed by atoms with Crippen LogP contribution in [0, 0.1) is 49.2 Å². The van der Waals surface area contributed by atoms with Crippen molar-refractivity contribution in [3.8, 4) is 0 Å². The molecule has 4 atom stereocenters. The molecule has 3 N–H and O–H groups in total. The lowest BCUT2D eigenvalue weighted by Gasteiger charge is -2.29. The standard InChI is InChI=1S/C11H19NO.C9H17NO2S.C9H15NOS.4C6H14/c1-8-6-11(5,9(13)12-8)7-10(2,3)4;1-9(2,3)5-7-6-13(4,12)10-8(7)11;1-6-10-8(11)7(12-6)5-9(2,3)4;4*1-5-6(2,3)4/h1,6-7H2,2-5H3,(H,12,13);7H,4-6H2,1-3H3,(H,10,11,12);7H,1,5H2,2-4H3,(H,10,11);4*5H2,1-4H3. The zero-order valence-electron chi connectivity index (χ0n) is 46.1. The summed E-state index contributed by atoms with van der Waals surface area (Å²) in [6, 6.07) is 0. The van der Waals surface area contributed by atoms with Crippen molar-refractivity contribution in [1.82, 2.24) is 15.4 Å². The molecule has 0 aromatic carbocycles. The molecule has 4 unspecified atom stereocenters. The van der Waals surface area contributed by atoms with Crippen LogP contribution in [0.4, 0.5) is 0 Å². The number of allylic oxidation sites excluding steroid dienone is 1. The van der Waals surface area contributed by atoms with E-state index in [2.05, 4.69) is 207 Å². The number of carbonyl (C=O) groups excluding carboxylic acids is 3. The zero-order chi connectivity index (χ0) is 50.7. The molecule has 3 saturated heterocycles. The van der Waals surface area contributed by atoms with Crippen molar-refractivity contribution in [3.05, 3.63) is 23.9 Å². The smallest absolute Gasteiger partial charge is 0.238 e. The summed E-state index contributed by atoms with van der Waals surface area (Å²) in [5.41, 5.74) is 3.28. The summed E-state index contributed by atoms with van der Waals surface area (Å²) in [4.78, 5) is 34.2. The molecule has 3 heterocycles. The van der Waals surface area contributed by atoms with E-state index in [1.165, 1.54) is 25.7 Å². The Balaban J connectivity index is -0.000000327. The first-order chi connectivity index (χ1) is 27.1. The van der Waals surface area contributed by atoms with Crippen molar-refractivity contribution >= 4 is 45.1 Å². The molecule has 0 bridgehead atoms. The Hall–Kier alpha value is -1.74. The molecule has 0 aromatic rings. The van der Waals surface area contributed by atoms with Crippen molar-refractivity contribution in [2.75, 3.05) is 5.75 Å². The van der Waals surface area contributed by atoms with E-state index in [0.29, 0.717) is 27.4 Å². The lowest BCUT2D eigenvalue weighted by Crippen LogP contribution is -2.32. The van der Waals surface area contributed by atoms with Crippen molar-refractivity contribution in [1.29, 1.82) is 0 Å². The van der Waals surface area contributed by atoms with E-state index in [9.17, 15) is 18.6 Å². The number of rotatable bonds is 3. The van der Waals surface area contributed by atoms with Crippen LogP contribution in [0.5, 0.6) is 0 Å². The van der Waals surface area contributed by atoms with Crippen LogP contribution in [0.3, 0.4) is 0 Å². The number of hydrogen-bond donors (Lipinski definition) is 3. The van der Waals surface area contributed by atoms with Gasteiger partial charge in [-0.3, -0.25) is 19.1 Å². The van der Waals surface area contributed by atoms with E-state index in [1.807, 2.05) is 6.92 Å². The highest BCUT2D eigenvalue weighted by Crippen LogP contribution is 2.41. The van der Waals surface area contributed by atoms with Crippen molar-refractivity contribution in [3.63, 3.8) is 0 Å². The highest BCUT2D eigenvalue weighted by Gasteiger charge is 2.42. The normalized spacial score (nSPS) is 22.8. The van der Waals surface area contributed by atoms with Gasteiger partial charge in [-0.05, 0) is 63.0 Å². The third kappa shape index (κ3) is 42.2. The van der Waals surface area contributed by atoms with E-state index in [4.69, 9.17) is 0 Å². The van der Waals surface area contributed by atoms with Gasteiger partial charge in [0.15, 0.2) is 0 Å². The predicted molar refractivity (Wildman–Crippen MR) is 282 cm³/mol.